The summed E-state index contributed by atoms with van der Waals surface area (Å²) in [5, 5.41) is 18.7. The van der Waals surface area contributed by atoms with E-state index in [0.29, 0.717) is 0 Å². The summed E-state index contributed by atoms with van der Waals surface area (Å²) in [6.07, 6.45) is 2.29. The van der Waals surface area contributed by atoms with Gasteiger partial charge in [0.25, 0.3) is 5.56 Å². The van der Waals surface area contributed by atoms with Gasteiger partial charge >= 0.3 is 5.69 Å². The zero-order valence-electron chi connectivity index (χ0n) is 10.7. The third-order valence-corrected chi connectivity index (χ3v) is 3.12. The first-order valence-corrected chi connectivity index (χ1v) is 6.23. The fourth-order valence-corrected chi connectivity index (χ4v) is 2.08. The van der Waals surface area contributed by atoms with Crippen molar-refractivity contribution >= 4 is 6.08 Å². The summed E-state index contributed by atoms with van der Waals surface area (Å²) < 4.78 is 6.57. The molecule has 0 spiro atoms. The standard InChI is InChI=1S/C12H17N3O5/c13-3-1-2-7-5-15(12(19)14-11(7)18)10-4-8(17)9(6-16)20-10/h1-2,5,8-10,16-17H,3-4,6,13H2,(H,14,18,19)/b2-1+/t8-,9+,10+/m0/s1. The molecule has 1 fully saturated rings. The van der Waals surface area contributed by atoms with E-state index in [0.717, 1.165) is 0 Å². The van der Waals surface area contributed by atoms with E-state index in [1.54, 1.807) is 6.08 Å². The molecule has 5 N–H and O–H groups in total. The molecule has 2 heterocycles. The van der Waals surface area contributed by atoms with E-state index in [-0.39, 0.29) is 25.1 Å². The van der Waals surface area contributed by atoms with Crippen LogP contribution in [0.25, 0.3) is 6.08 Å². The summed E-state index contributed by atoms with van der Waals surface area (Å²) >= 11 is 0. The molecule has 1 aliphatic rings. The Morgan fingerprint density at radius 2 is 2.30 bits per heavy atom. The van der Waals surface area contributed by atoms with E-state index in [1.165, 1.54) is 16.8 Å². The second kappa shape index (κ2) is 6.14. The van der Waals surface area contributed by atoms with E-state index < -0.39 is 29.7 Å². The van der Waals surface area contributed by atoms with Gasteiger partial charge in [0.1, 0.15) is 12.3 Å². The van der Waals surface area contributed by atoms with E-state index in [2.05, 4.69) is 4.98 Å². The second-order valence-corrected chi connectivity index (χ2v) is 4.50. The lowest BCUT2D eigenvalue weighted by Gasteiger charge is -2.14. The Morgan fingerprint density at radius 3 is 2.90 bits per heavy atom. The van der Waals surface area contributed by atoms with Crippen molar-refractivity contribution in [1.29, 1.82) is 0 Å². The van der Waals surface area contributed by atoms with Crippen LogP contribution in [0.15, 0.2) is 21.9 Å². The highest BCUT2D eigenvalue weighted by Crippen LogP contribution is 2.27. The maximum absolute atomic E-state index is 11.8. The van der Waals surface area contributed by atoms with Gasteiger partial charge in [-0.15, -0.1) is 0 Å². The minimum Gasteiger partial charge on any atom is -0.394 e. The van der Waals surface area contributed by atoms with Crippen LogP contribution in [0.1, 0.15) is 18.2 Å². The van der Waals surface area contributed by atoms with Gasteiger partial charge in [-0.05, 0) is 0 Å². The molecule has 20 heavy (non-hydrogen) atoms. The van der Waals surface area contributed by atoms with Gasteiger partial charge in [-0.3, -0.25) is 14.3 Å². The number of aromatic nitrogens is 2. The normalized spacial score (nSPS) is 26.4. The number of H-pyrrole nitrogens is 1. The summed E-state index contributed by atoms with van der Waals surface area (Å²) in [7, 11) is 0. The van der Waals surface area contributed by atoms with Crippen molar-refractivity contribution in [1.82, 2.24) is 9.55 Å². The molecule has 0 amide bonds. The molecule has 8 heteroatoms. The fraction of sp³-hybridized carbons (Fsp3) is 0.500. The van der Waals surface area contributed by atoms with Crippen molar-refractivity contribution in [3.05, 3.63) is 38.7 Å². The highest BCUT2D eigenvalue weighted by atomic mass is 16.5. The Balaban J connectivity index is 2.35. The summed E-state index contributed by atoms with van der Waals surface area (Å²) in [4.78, 5) is 25.6. The molecule has 0 unspecified atom stereocenters. The van der Waals surface area contributed by atoms with E-state index in [1.807, 2.05) is 0 Å². The maximum atomic E-state index is 11.8. The Labute approximate surface area is 114 Å². The van der Waals surface area contributed by atoms with Crippen LogP contribution in [0.5, 0.6) is 0 Å². The van der Waals surface area contributed by atoms with Gasteiger partial charge in [-0.1, -0.05) is 12.2 Å². The van der Waals surface area contributed by atoms with Crippen LogP contribution >= 0.6 is 0 Å². The van der Waals surface area contributed by atoms with Crippen molar-refractivity contribution in [2.75, 3.05) is 13.2 Å². The predicted octanol–water partition coefficient (Wildman–Crippen LogP) is -1.85. The molecule has 110 valence electrons. The van der Waals surface area contributed by atoms with Crippen molar-refractivity contribution in [2.24, 2.45) is 5.73 Å². The summed E-state index contributed by atoms with van der Waals surface area (Å²) in [5.41, 5.74) is 4.43. The lowest BCUT2D eigenvalue weighted by molar-refractivity contribution is -0.0459. The third-order valence-electron chi connectivity index (χ3n) is 3.12. The smallest absolute Gasteiger partial charge is 0.330 e. The largest absolute Gasteiger partial charge is 0.394 e. The first-order chi connectivity index (χ1) is 9.56. The predicted molar refractivity (Wildman–Crippen MR) is 71.0 cm³/mol. The molecule has 0 radical (unpaired) electrons. The van der Waals surface area contributed by atoms with Crippen LogP contribution in [0, 0.1) is 0 Å². The molecule has 8 nitrogen and oxygen atoms in total. The van der Waals surface area contributed by atoms with Crippen molar-refractivity contribution in [2.45, 2.75) is 24.9 Å². The van der Waals surface area contributed by atoms with Crippen molar-refractivity contribution in [3.8, 4) is 0 Å². The first-order valence-electron chi connectivity index (χ1n) is 6.23. The van der Waals surface area contributed by atoms with Crippen LogP contribution < -0.4 is 17.0 Å². The van der Waals surface area contributed by atoms with Gasteiger partial charge < -0.3 is 20.7 Å². The van der Waals surface area contributed by atoms with E-state index in [4.69, 9.17) is 15.6 Å². The molecule has 1 aromatic rings. The average molecular weight is 283 g/mol. The quantitative estimate of drug-likeness (QED) is 0.513. The molecule has 1 aliphatic heterocycles. The molecule has 1 aromatic heterocycles. The number of hydrogen-bond acceptors (Lipinski definition) is 6. The maximum Gasteiger partial charge on any atom is 0.330 e. The number of aromatic amines is 1. The molecule has 2 rings (SSSR count). The Morgan fingerprint density at radius 1 is 1.55 bits per heavy atom. The number of nitrogens with one attached hydrogen (secondary N) is 1. The van der Waals surface area contributed by atoms with Gasteiger partial charge in [-0.2, -0.15) is 0 Å². The number of rotatable bonds is 4. The van der Waals surface area contributed by atoms with Crippen molar-refractivity contribution in [3.63, 3.8) is 0 Å². The number of ether oxygens (including phenoxy) is 1. The van der Waals surface area contributed by atoms with Gasteiger partial charge in [-0.25, -0.2) is 4.79 Å². The fourth-order valence-electron chi connectivity index (χ4n) is 2.08. The number of nitrogens with zero attached hydrogens (tertiary/aromatic N) is 1. The minimum atomic E-state index is -0.855. The molecule has 0 aromatic carbocycles. The summed E-state index contributed by atoms with van der Waals surface area (Å²) in [5.74, 6) is 0. The van der Waals surface area contributed by atoms with Gasteiger partial charge in [0.15, 0.2) is 0 Å². The lowest BCUT2D eigenvalue weighted by Crippen LogP contribution is -2.33. The Kier molecular flexibility index (Phi) is 4.50. The summed E-state index contributed by atoms with van der Waals surface area (Å²) in [6.45, 7) is -0.0699. The second-order valence-electron chi connectivity index (χ2n) is 4.50. The average Bonchev–Trinajstić information content (AvgIpc) is 2.79. The topological polar surface area (TPSA) is 131 Å². The van der Waals surface area contributed by atoms with Crippen molar-refractivity contribution < 1.29 is 14.9 Å². The molecule has 0 bridgehead atoms. The lowest BCUT2D eigenvalue weighted by atomic mass is 10.2. The van der Waals surface area contributed by atoms with Crippen LogP contribution in [0.2, 0.25) is 0 Å². The molecule has 1 saturated heterocycles. The van der Waals surface area contributed by atoms with E-state index >= 15 is 0 Å². The summed E-state index contributed by atoms with van der Waals surface area (Å²) in [6, 6.07) is 0. The molecule has 3 atom stereocenters. The van der Waals surface area contributed by atoms with Gasteiger partial charge in [0.05, 0.1) is 18.3 Å². The SMILES string of the molecule is NC/C=C/c1cn([C@H]2C[C@H](O)[C@@H](CO)O2)c(=O)[nH]c1=O. The number of hydrogen-bond donors (Lipinski definition) is 4. The van der Waals surface area contributed by atoms with Crippen LogP contribution in [0.3, 0.4) is 0 Å². The highest BCUT2D eigenvalue weighted by molar-refractivity contribution is 5.46. The third kappa shape index (κ3) is 2.88. The zero-order valence-corrected chi connectivity index (χ0v) is 10.7. The van der Waals surface area contributed by atoms with Gasteiger partial charge in [0.2, 0.25) is 0 Å². The number of aliphatic hydroxyl groups excluding tert-OH is 2. The molecule has 0 saturated carbocycles. The molecular formula is C12H17N3O5. The zero-order chi connectivity index (χ0) is 14.7. The molecule has 0 aliphatic carbocycles. The first kappa shape index (κ1) is 14.7. The Hall–Kier alpha value is -1.74. The van der Waals surface area contributed by atoms with Crippen LogP contribution in [0.4, 0.5) is 0 Å². The van der Waals surface area contributed by atoms with Crippen LogP contribution in [-0.4, -0.2) is 45.1 Å². The van der Waals surface area contributed by atoms with Gasteiger partial charge in [0, 0.05) is 19.2 Å². The van der Waals surface area contributed by atoms with Crippen LogP contribution in [-0.2, 0) is 4.74 Å². The highest BCUT2D eigenvalue weighted by Gasteiger charge is 2.35. The number of nitrogens with two attached hydrogens (primary N) is 1. The monoisotopic (exact) mass is 283 g/mol. The Bertz CT molecular complexity index is 606. The molecular weight excluding hydrogens is 266 g/mol. The minimum absolute atomic E-state index is 0.164. The number of aliphatic hydroxyl groups is 2. The van der Waals surface area contributed by atoms with E-state index in [9.17, 15) is 14.7 Å².